The minimum atomic E-state index is -0.0227. The fourth-order valence-corrected chi connectivity index (χ4v) is 3.23. The fraction of sp³-hybridized carbons (Fsp3) is 0.474. The lowest BCUT2D eigenvalue weighted by Gasteiger charge is -2.35. The Hall–Kier alpha value is -2.38. The molecule has 0 N–H and O–H groups in total. The highest BCUT2D eigenvalue weighted by atomic mass is 16.5. The quantitative estimate of drug-likeness (QED) is 0.752. The lowest BCUT2D eigenvalue weighted by atomic mass is 10.1. The van der Waals surface area contributed by atoms with Crippen LogP contribution in [0.15, 0.2) is 36.7 Å². The Kier molecular flexibility index (Phi) is 5.90. The molecule has 0 radical (unpaired) electrons. The van der Waals surface area contributed by atoms with E-state index in [1.807, 2.05) is 12.1 Å². The Balaban J connectivity index is 1.66. The summed E-state index contributed by atoms with van der Waals surface area (Å²) in [4.78, 5) is 19.9. The molecule has 3 heterocycles. The normalized spacial score (nSPS) is 17.0. The summed E-state index contributed by atoms with van der Waals surface area (Å²) in [5.41, 5.74) is 2.31. The maximum Gasteiger partial charge on any atom is 0.248 e. The number of amides is 1. The number of carbonyl (C=O) groups excluding carboxylic acids is 1. The number of aromatic nitrogens is 2. The van der Waals surface area contributed by atoms with Crippen LogP contribution in [0.1, 0.15) is 17.3 Å². The second kappa shape index (κ2) is 8.33. The van der Waals surface area contributed by atoms with Crippen molar-refractivity contribution in [3.63, 3.8) is 0 Å². The first-order valence-corrected chi connectivity index (χ1v) is 8.72. The van der Waals surface area contributed by atoms with Crippen molar-refractivity contribution in [2.75, 3.05) is 41.0 Å². The van der Waals surface area contributed by atoms with Gasteiger partial charge in [0.1, 0.15) is 6.61 Å². The maximum absolute atomic E-state index is 11.7. The van der Waals surface area contributed by atoms with Gasteiger partial charge in [-0.1, -0.05) is 6.07 Å². The molecule has 0 saturated carbocycles. The monoisotopic (exact) mass is 358 g/mol. The van der Waals surface area contributed by atoms with Crippen LogP contribution in [0.2, 0.25) is 0 Å². The molecule has 0 spiro atoms. The van der Waals surface area contributed by atoms with Crippen LogP contribution in [0.3, 0.4) is 0 Å². The third kappa shape index (κ3) is 4.23. The van der Waals surface area contributed by atoms with Gasteiger partial charge < -0.3 is 18.9 Å². The lowest BCUT2D eigenvalue weighted by molar-refractivity contribution is -0.134. The average Bonchev–Trinajstić information content (AvgIpc) is 3.10. The topological polar surface area (TPSA) is 59.8 Å². The number of fused-ring (bicyclic) bond motifs is 1. The SMILES string of the molecule is COc1ncccc1CN1Cc2cccn2C(COCC(=O)N(C)C)C1. The second-order valence-electron chi connectivity index (χ2n) is 6.71. The van der Waals surface area contributed by atoms with Gasteiger partial charge in [0.05, 0.1) is 19.8 Å². The van der Waals surface area contributed by atoms with E-state index in [9.17, 15) is 4.79 Å². The molecule has 1 unspecified atom stereocenters. The molecule has 0 aliphatic carbocycles. The first-order chi connectivity index (χ1) is 12.6. The number of rotatable bonds is 7. The van der Waals surface area contributed by atoms with Crippen LogP contribution < -0.4 is 4.74 Å². The third-order valence-electron chi connectivity index (χ3n) is 4.59. The number of hydrogen-bond donors (Lipinski definition) is 0. The van der Waals surface area contributed by atoms with Gasteiger partial charge in [0.15, 0.2) is 0 Å². The maximum atomic E-state index is 11.7. The average molecular weight is 358 g/mol. The number of carbonyl (C=O) groups is 1. The van der Waals surface area contributed by atoms with Gasteiger partial charge in [-0.2, -0.15) is 0 Å². The summed E-state index contributed by atoms with van der Waals surface area (Å²) in [5.74, 6) is 0.642. The Labute approximate surface area is 154 Å². The van der Waals surface area contributed by atoms with Crippen LogP contribution in [0.4, 0.5) is 0 Å². The summed E-state index contributed by atoms with van der Waals surface area (Å²) in [5, 5.41) is 0. The zero-order valence-electron chi connectivity index (χ0n) is 15.6. The van der Waals surface area contributed by atoms with Crippen LogP contribution in [-0.4, -0.2) is 66.2 Å². The van der Waals surface area contributed by atoms with E-state index in [1.165, 1.54) is 5.69 Å². The van der Waals surface area contributed by atoms with Gasteiger partial charge in [-0.15, -0.1) is 0 Å². The Morgan fingerprint density at radius 3 is 2.96 bits per heavy atom. The minimum absolute atomic E-state index is 0.0227. The smallest absolute Gasteiger partial charge is 0.248 e. The number of methoxy groups -OCH3 is 1. The highest BCUT2D eigenvalue weighted by Crippen LogP contribution is 2.25. The molecule has 0 fully saturated rings. The van der Waals surface area contributed by atoms with Crippen LogP contribution in [0.5, 0.6) is 5.88 Å². The molecule has 0 aromatic carbocycles. The molecule has 0 bridgehead atoms. The van der Waals surface area contributed by atoms with E-state index in [0.29, 0.717) is 12.5 Å². The Bertz CT molecular complexity index is 744. The third-order valence-corrected chi connectivity index (χ3v) is 4.59. The van der Waals surface area contributed by atoms with Gasteiger partial charge in [-0.05, 0) is 18.2 Å². The molecular formula is C19H26N4O3. The van der Waals surface area contributed by atoms with E-state index in [4.69, 9.17) is 9.47 Å². The van der Waals surface area contributed by atoms with Gasteiger partial charge >= 0.3 is 0 Å². The molecule has 2 aromatic heterocycles. The van der Waals surface area contributed by atoms with Gasteiger partial charge in [-0.3, -0.25) is 9.69 Å². The lowest BCUT2D eigenvalue weighted by Crippen LogP contribution is -2.39. The number of nitrogens with zero attached hydrogens (tertiary/aromatic N) is 4. The number of hydrogen-bond acceptors (Lipinski definition) is 5. The number of pyridine rings is 1. The van der Waals surface area contributed by atoms with E-state index in [0.717, 1.165) is 25.2 Å². The van der Waals surface area contributed by atoms with Crippen molar-refractivity contribution < 1.29 is 14.3 Å². The fourth-order valence-electron chi connectivity index (χ4n) is 3.23. The van der Waals surface area contributed by atoms with Crippen molar-refractivity contribution in [2.24, 2.45) is 0 Å². The van der Waals surface area contributed by atoms with Gasteiger partial charge in [-0.25, -0.2) is 4.98 Å². The molecule has 0 saturated heterocycles. The van der Waals surface area contributed by atoms with Crippen molar-refractivity contribution in [3.05, 3.63) is 47.9 Å². The van der Waals surface area contributed by atoms with Gasteiger partial charge in [0.25, 0.3) is 0 Å². The zero-order chi connectivity index (χ0) is 18.5. The largest absolute Gasteiger partial charge is 0.481 e. The van der Waals surface area contributed by atoms with E-state index in [-0.39, 0.29) is 18.6 Å². The van der Waals surface area contributed by atoms with Crippen LogP contribution >= 0.6 is 0 Å². The predicted molar refractivity (Wildman–Crippen MR) is 97.9 cm³/mol. The number of ether oxygens (including phenoxy) is 2. The molecule has 7 nitrogen and oxygen atoms in total. The summed E-state index contributed by atoms with van der Waals surface area (Å²) in [6.45, 7) is 3.07. The van der Waals surface area contributed by atoms with Crippen LogP contribution in [0.25, 0.3) is 0 Å². The standard InChI is InChI=1S/C19H26N4O3/c1-21(2)18(24)14-26-13-17-12-22(11-16-7-5-9-23(16)17)10-15-6-4-8-20-19(15)25-3/h4-9,17H,10-14H2,1-3H3. The van der Waals surface area contributed by atoms with Crippen LogP contribution in [0, 0.1) is 0 Å². The van der Waals surface area contributed by atoms with Crippen molar-refractivity contribution in [1.82, 2.24) is 19.4 Å². The van der Waals surface area contributed by atoms with Gasteiger partial charge in [0, 0.05) is 57.4 Å². The predicted octanol–water partition coefficient (Wildman–Crippen LogP) is 1.55. The second-order valence-corrected chi connectivity index (χ2v) is 6.71. The molecule has 1 aliphatic rings. The highest BCUT2D eigenvalue weighted by molar-refractivity contribution is 5.76. The van der Waals surface area contributed by atoms with E-state index in [2.05, 4.69) is 32.8 Å². The van der Waals surface area contributed by atoms with Crippen molar-refractivity contribution in [1.29, 1.82) is 0 Å². The van der Waals surface area contributed by atoms with E-state index in [1.54, 1.807) is 32.3 Å². The Morgan fingerprint density at radius 1 is 1.35 bits per heavy atom. The molecule has 1 atom stereocenters. The molecule has 2 aromatic rings. The molecular weight excluding hydrogens is 332 g/mol. The van der Waals surface area contributed by atoms with E-state index < -0.39 is 0 Å². The summed E-state index contributed by atoms with van der Waals surface area (Å²) < 4.78 is 13.3. The Morgan fingerprint density at radius 2 is 2.19 bits per heavy atom. The van der Waals surface area contributed by atoms with Crippen molar-refractivity contribution in [3.8, 4) is 5.88 Å². The summed E-state index contributed by atoms with van der Waals surface area (Å²) in [7, 11) is 5.12. The number of likely N-dealkylation sites (N-methyl/N-ethyl adjacent to an activating group) is 1. The molecule has 1 aliphatic heterocycles. The van der Waals surface area contributed by atoms with Crippen molar-refractivity contribution >= 4 is 5.91 Å². The first kappa shape index (κ1) is 18.4. The highest BCUT2D eigenvalue weighted by Gasteiger charge is 2.25. The van der Waals surface area contributed by atoms with Crippen LogP contribution in [-0.2, 0) is 22.6 Å². The summed E-state index contributed by atoms with van der Waals surface area (Å²) >= 11 is 0. The van der Waals surface area contributed by atoms with Crippen molar-refractivity contribution in [2.45, 2.75) is 19.1 Å². The first-order valence-electron chi connectivity index (χ1n) is 8.72. The molecule has 7 heteroatoms. The van der Waals surface area contributed by atoms with E-state index >= 15 is 0 Å². The zero-order valence-corrected chi connectivity index (χ0v) is 15.6. The van der Waals surface area contributed by atoms with Gasteiger partial charge in [0.2, 0.25) is 11.8 Å². The summed E-state index contributed by atoms with van der Waals surface area (Å²) in [6, 6.07) is 8.33. The molecule has 140 valence electrons. The molecule has 1 amide bonds. The summed E-state index contributed by atoms with van der Waals surface area (Å²) in [6.07, 6.45) is 3.82. The minimum Gasteiger partial charge on any atom is -0.481 e. The molecule has 26 heavy (non-hydrogen) atoms. The molecule has 3 rings (SSSR count).